The van der Waals surface area contributed by atoms with Crippen LogP contribution in [0.4, 0.5) is 4.39 Å². The molecule has 1 saturated heterocycles. The second-order valence-electron chi connectivity index (χ2n) is 5.96. The smallest absolute Gasteiger partial charge is 0.309 e. The molecule has 25 heavy (non-hydrogen) atoms. The number of amides is 1. The Morgan fingerprint density at radius 2 is 1.92 bits per heavy atom. The van der Waals surface area contributed by atoms with Crippen LogP contribution in [0.3, 0.4) is 0 Å². The van der Waals surface area contributed by atoms with Crippen molar-refractivity contribution in [3.05, 3.63) is 48.0 Å². The lowest BCUT2D eigenvalue weighted by molar-refractivity contribution is -0.149. The fraction of sp³-hybridized carbons (Fsp3) is 0.368. The Balaban J connectivity index is 1.65. The van der Waals surface area contributed by atoms with Crippen molar-refractivity contribution in [2.24, 2.45) is 5.92 Å². The number of nitrogens with zero attached hydrogens (tertiary/aromatic N) is 1. The lowest BCUT2D eigenvalue weighted by Crippen LogP contribution is -2.40. The van der Waals surface area contributed by atoms with Gasteiger partial charge in [0.05, 0.1) is 18.1 Å². The fourth-order valence-electron chi connectivity index (χ4n) is 2.99. The van der Waals surface area contributed by atoms with E-state index >= 15 is 0 Å². The van der Waals surface area contributed by atoms with Crippen molar-refractivity contribution in [3.8, 4) is 11.3 Å². The number of hydrogen-bond acceptors (Lipinski definition) is 4. The fourth-order valence-corrected chi connectivity index (χ4v) is 2.99. The highest BCUT2D eigenvalue weighted by molar-refractivity contribution is 5.92. The van der Waals surface area contributed by atoms with Gasteiger partial charge in [-0.05, 0) is 44.0 Å². The summed E-state index contributed by atoms with van der Waals surface area (Å²) in [6.45, 7) is 3.08. The Morgan fingerprint density at radius 3 is 2.60 bits per heavy atom. The average molecular weight is 345 g/mol. The third kappa shape index (κ3) is 3.73. The van der Waals surface area contributed by atoms with Crippen LogP contribution in [0.5, 0.6) is 0 Å². The van der Waals surface area contributed by atoms with E-state index in [1.807, 2.05) is 0 Å². The van der Waals surface area contributed by atoms with Crippen LogP contribution in [0.1, 0.15) is 30.3 Å². The van der Waals surface area contributed by atoms with Crippen LogP contribution in [0.25, 0.3) is 11.3 Å². The minimum atomic E-state index is -0.397. The molecule has 1 amide bonds. The zero-order valence-corrected chi connectivity index (χ0v) is 14.0. The van der Waals surface area contributed by atoms with Gasteiger partial charge >= 0.3 is 5.97 Å². The first kappa shape index (κ1) is 17.2. The Hall–Kier alpha value is -2.63. The van der Waals surface area contributed by atoms with E-state index in [-0.39, 0.29) is 23.6 Å². The van der Waals surface area contributed by atoms with Crippen LogP contribution >= 0.6 is 0 Å². The molecule has 5 nitrogen and oxygen atoms in total. The molecular formula is C19H20FNO4. The highest BCUT2D eigenvalue weighted by Crippen LogP contribution is 2.26. The maximum atomic E-state index is 13.8. The minimum Gasteiger partial charge on any atom is -0.466 e. The number of ether oxygens (including phenoxy) is 1. The summed E-state index contributed by atoms with van der Waals surface area (Å²) in [6, 6.07) is 9.41. The first-order valence-electron chi connectivity index (χ1n) is 8.40. The lowest BCUT2D eigenvalue weighted by Gasteiger charge is -2.30. The number of carbonyl (C=O) groups excluding carboxylic acids is 2. The topological polar surface area (TPSA) is 59.8 Å². The number of hydrogen-bond donors (Lipinski definition) is 0. The quantitative estimate of drug-likeness (QED) is 0.796. The zero-order valence-electron chi connectivity index (χ0n) is 14.0. The summed E-state index contributed by atoms with van der Waals surface area (Å²) in [7, 11) is 0. The average Bonchev–Trinajstić information content (AvgIpc) is 3.11. The van der Waals surface area contributed by atoms with Gasteiger partial charge in [0, 0.05) is 13.1 Å². The van der Waals surface area contributed by atoms with Crippen molar-refractivity contribution in [1.29, 1.82) is 0 Å². The van der Waals surface area contributed by atoms with Gasteiger partial charge in [0.25, 0.3) is 5.91 Å². The van der Waals surface area contributed by atoms with Gasteiger partial charge in [-0.2, -0.15) is 0 Å². The highest BCUT2D eigenvalue weighted by Gasteiger charge is 2.29. The summed E-state index contributed by atoms with van der Waals surface area (Å²) in [6.07, 6.45) is 1.15. The Bertz CT molecular complexity index is 762. The van der Waals surface area contributed by atoms with Crippen molar-refractivity contribution < 1.29 is 23.1 Å². The molecule has 0 N–H and O–H groups in total. The van der Waals surface area contributed by atoms with Crippen molar-refractivity contribution in [2.45, 2.75) is 19.8 Å². The van der Waals surface area contributed by atoms with Crippen molar-refractivity contribution in [2.75, 3.05) is 19.7 Å². The summed E-state index contributed by atoms with van der Waals surface area (Å²) < 4.78 is 24.4. The maximum Gasteiger partial charge on any atom is 0.309 e. The molecule has 1 aromatic heterocycles. The number of carbonyl (C=O) groups is 2. The molecule has 0 spiro atoms. The summed E-state index contributed by atoms with van der Waals surface area (Å²) in [4.78, 5) is 26.0. The van der Waals surface area contributed by atoms with E-state index < -0.39 is 5.82 Å². The van der Waals surface area contributed by atoms with Gasteiger partial charge in [-0.15, -0.1) is 0 Å². The maximum absolute atomic E-state index is 13.8. The molecule has 1 fully saturated rings. The molecule has 1 aromatic carbocycles. The monoisotopic (exact) mass is 345 g/mol. The minimum absolute atomic E-state index is 0.158. The van der Waals surface area contributed by atoms with Crippen LogP contribution in [-0.4, -0.2) is 36.5 Å². The first-order valence-corrected chi connectivity index (χ1v) is 8.40. The molecule has 132 valence electrons. The molecule has 2 heterocycles. The highest BCUT2D eigenvalue weighted by atomic mass is 19.1. The molecule has 0 radical (unpaired) electrons. The van der Waals surface area contributed by atoms with E-state index in [1.54, 1.807) is 42.2 Å². The standard InChI is InChI=1S/C19H20FNO4/c1-2-24-19(23)13-9-11-21(12-10-13)18(22)17-8-7-16(25-17)14-5-3-4-6-15(14)20/h3-8,13H,2,9-12H2,1H3. The Kier molecular flexibility index (Phi) is 5.16. The van der Waals surface area contributed by atoms with Crippen LogP contribution < -0.4 is 0 Å². The molecule has 0 saturated carbocycles. The number of halogens is 1. The SMILES string of the molecule is CCOC(=O)C1CCN(C(=O)c2ccc(-c3ccccc3F)o2)CC1. The third-order valence-corrected chi connectivity index (χ3v) is 4.36. The molecule has 0 unspecified atom stereocenters. The van der Waals surface area contributed by atoms with Crippen LogP contribution in [0.15, 0.2) is 40.8 Å². The van der Waals surface area contributed by atoms with Gasteiger partial charge in [-0.25, -0.2) is 4.39 Å². The number of furan rings is 1. The number of esters is 1. The van der Waals surface area contributed by atoms with E-state index in [4.69, 9.17) is 9.15 Å². The van der Waals surface area contributed by atoms with E-state index in [9.17, 15) is 14.0 Å². The number of rotatable bonds is 4. The summed E-state index contributed by atoms with van der Waals surface area (Å²) >= 11 is 0. The normalized spacial score (nSPS) is 15.2. The van der Waals surface area contributed by atoms with E-state index in [0.29, 0.717) is 43.9 Å². The van der Waals surface area contributed by atoms with Crippen molar-refractivity contribution in [1.82, 2.24) is 4.90 Å². The molecule has 6 heteroatoms. The number of piperidine rings is 1. The van der Waals surface area contributed by atoms with E-state index in [1.165, 1.54) is 6.07 Å². The van der Waals surface area contributed by atoms with Crippen molar-refractivity contribution >= 4 is 11.9 Å². The molecule has 0 aliphatic carbocycles. The first-order chi connectivity index (χ1) is 12.1. The van der Waals surface area contributed by atoms with Crippen molar-refractivity contribution in [3.63, 3.8) is 0 Å². The molecule has 0 atom stereocenters. The van der Waals surface area contributed by atoms with Gasteiger partial charge in [-0.1, -0.05) is 12.1 Å². The predicted octanol–water partition coefficient (Wildman–Crippen LogP) is 3.50. The largest absolute Gasteiger partial charge is 0.466 e. The molecular weight excluding hydrogens is 325 g/mol. The summed E-state index contributed by atoms with van der Waals surface area (Å²) in [5, 5.41) is 0. The second kappa shape index (κ2) is 7.51. The molecule has 0 bridgehead atoms. The van der Waals surface area contributed by atoms with Gasteiger partial charge < -0.3 is 14.1 Å². The molecule has 1 aliphatic rings. The van der Waals surface area contributed by atoms with E-state index in [0.717, 1.165) is 0 Å². The zero-order chi connectivity index (χ0) is 17.8. The molecule has 1 aliphatic heterocycles. The number of benzene rings is 1. The number of likely N-dealkylation sites (tertiary alicyclic amines) is 1. The van der Waals surface area contributed by atoms with Gasteiger partial charge in [0.15, 0.2) is 5.76 Å². The second-order valence-corrected chi connectivity index (χ2v) is 5.96. The molecule has 3 rings (SSSR count). The lowest BCUT2D eigenvalue weighted by atomic mass is 9.97. The van der Waals surface area contributed by atoms with E-state index in [2.05, 4.69) is 0 Å². The van der Waals surface area contributed by atoms with Crippen LogP contribution in [-0.2, 0) is 9.53 Å². The predicted molar refractivity (Wildman–Crippen MR) is 89.4 cm³/mol. The van der Waals surface area contributed by atoms with Crippen LogP contribution in [0.2, 0.25) is 0 Å². The van der Waals surface area contributed by atoms with Gasteiger partial charge in [0.1, 0.15) is 11.6 Å². The van der Waals surface area contributed by atoms with Gasteiger partial charge in [0.2, 0.25) is 0 Å². The van der Waals surface area contributed by atoms with Gasteiger partial charge in [-0.3, -0.25) is 9.59 Å². The Morgan fingerprint density at radius 1 is 1.20 bits per heavy atom. The third-order valence-electron chi connectivity index (χ3n) is 4.36. The molecule has 2 aromatic rings. The summed E-state index contributed by atoms with van der Waals surface area (Å²) in [5.74, 6) is -0.504. The Labute approximate surface area is 145 Å². The summed E-state index contributed by atoms with van der Waals surface area (Å²) in [5.41, 5.74) is 0.322. The van der Waals surface area contributed by atoms with Crippen LogP contribution in [0, 0.1) is 11.7 Å².